The topological polar surface area (TPSA) is 9.23 Å². The van der Waals surface area contributed by atoms with Crippen LogP contribution in [-0.4, -0.2) is 6.10 Å². The Kier molecular flexibility index (Phi) is 2.71. The van der Waals surface area contributed by atoms with Gasteiger partial charge in [0.15, 0.2) is 0 Å². The van der Waals surface area contributed by atoms with Crippen molar-refractivity contribution in [2.24, 2.45) is 0 Å². The van der Waals surface area contributed by atoms with Gasteiger partial charge in [0.25, 0.3) is 0 Å². The van der Waals surface area contributed by atoms with E-state index in [2.05, 4.69) is 0 Å². The molecular formula is C12H15FO. The summed E-state index contributed by atoms with van der Waals surface area (Å²) in [5.41, 5.74) is 0.670. The van der Waals surface area contributed by atoms with Gasteiger partial charge < -0.3 is 4.74 Å². The second kappa shape index (κ2) is 3.99. The Balaban J connectivity index is 2.05. The van der Waals surface area contributed by atoms with Crippen LogP contribution >= 0.6 is 0 Å². The van der Waals surface area contributed by atoms with E-state index in [0.29, 0.717) is 17.4 Å². The summed E-state index contributed by atoms with van der Waals surface area (Å²) in [5.74, 6) is 0.487. The molecule has 14 heavy (non-hydrogen) atoms. The van der Waals surface area contributed by atoms with Crippen molar-refractivity contribution in [3.05, 3.63) is 29.6 Å². The first-order chi connectivity index (χ1) is 6.75. The van der Waals surface area contributed by atoms with Gasteiger partial charge in [-0.1, -0.05) is 6.07 Å². The Labute approximate surface area is 83.9 Å². The van der Waals surface area contributed by atoms with E-state index in [1.54, 1.807) is 13.0 Å². The van der Waals surface area contributed by atoms with Crippen LogP contribution in [0.3, 0.4) is 0 Å². The molecule has 1 nitrogen and oxygen atoms in total. The molecule has 0 heterocycles. The zero-order valence-corrected chi connectivity index (χ0v) is 8.42. The molecule has 1 aliphatic carbocycles. The maximum atomic E-state index is 13.2. The summed E-state index contributed by atoms with van der Waals surface area (Å²) < 4.78 is 18.8. The Hall–Kier alpha value is -1.05. The van der Waals surface area contributed by atoms with Crippen LogP contribution in [0.5, 0.6) is 5.75 Å². The fraction of sp³-hybridized carbons (Fsp3) is 0.500. The number of aryl methyl sites for hydroxylation is 1. The summed E-state index contributed by atoms with van der Waals surface area (Å²) in [6.45, 7) is 1.76. The molecule has 76 valence electrons. The minimum Gasteiger partial charge on any atom is -0.490 e. The third-order valence-electron chi connectivity index (χ3n) is 2.75. The van der Waals surface area contributed by atoms with Crippen molar-refractivity contribution < 1.29 is 9.13 Å². The summed E-state index contributed by atoms with van der Waals surface area (Å²) in [6.07, 6.45) is 4.99. The number of benzene rings is 1. The van der Waals surface area contributed by atoms with E-state index < -0.39 is 0 Å². The third-order valence-corrected chi connectivity index (χ3v) is 2.75. The Morgan fingerprint density at radius 1 is 1.29 bits per heavy atom. The van der Waals surface area contributed by atoms with Gasteiger partial charge in [-0.05, 0) is 44.2 Å². The molecule has 2 rings (SSSR count). The lowest BCUT2D eigenvalue weighted by atomic mass is 10.2. The molecule has 0 saturated heterocycles. The molecule has 0 spiro atoms. The van der Waals surface area contributed by atoms with Crippen LogP contribution in [0.15, 0.2) is 18.2 Å². The average molecular weight is 194 g/mol. The zero-order valence-electron chi connectivity index (χ0n) is 8.42. The van der Waals surface area contributed by atoms with Crippen LogP contribution in [-0.2, 0) is 0 Å². The first-order valence-corrected chi connectivity index (χ1v) is 5.18. The van der Waals surface area contributed by atoms with Crippen molar-refractivity contribution in [3.8, 4) is 5.75 Å². The number of halogens is 1. The molecule has 2 heteroatoms. The van der Waals surface area contributed by atoms with Gasteiger partial charge in [0.1, 0.15) is 11.6 Å². The van der Waals surface area contributed by atoms with Gasteiger partial charge in [0, 0.05) is 6.07 Å². The van der Waals surface area contributed by atoms with Crippen molar-refractivity contribution >= 4 is 0 Å². The standard InChI is InChI=1S/C12H15FO/c1-9-6-7-11(8-12(9)13)14-10-4-2-3-5-10/h6-8,10H,2-5H2,1H3. The second-order valence-corrected chi connectivity index (χ2v) is 3.94. The third kappa shape index (κ3) is 2.06. The average Bonchev–Trinajstić information content (AvgIpc) is 2.64. The van der Waals surface area contributed by atoms with Crippen LogP contribution < -0.4 is 4.74 Å². The lowest BCUT2D eigenvalue weighted by molar-refractivity contribution is 0.209. The highest BCUT2D eigenvalue weighted by Crippen LogP contribution is 2.25. The van der Waals surface area contributed by atoms with Crippen molar-refractivity contribution in [1.82, 2.24) is 0 Å². The largest absolute Gasteiger partial charge is 0.490 e. The van der Waals surface area contributed by atoms with E-state index in [1.165, 1.54) is 18.9 Å². The van der Waals surface area contributed by atoms with Gasteiger partial charge in [0.05, 0.1) is 6.10 Å². The van der Waals surface area contributed by atoms with Gasteiger partial charge in [-0.3, -0.25) is 0 Å². The molecular weight excluding hydrogens is 179 g/mol. The monoisotopic (exact) mass is 194 g/mol. The van der Waals surface area contributed by atoms with Crippen LogP contribution in [0.1, 0.15) is 31.2 Å². The van der Waals surface area contributed by atoms with Gasteiger partial charge in [-0.2, -0.15) is 0 Å². The Morgan fingerprint density at radius 2 is 2.00 bits per heavy atom. The summed E-state index contributed by atoms with van der Waals surface area (Å²) in [7, 11) is 0. The normalized spacial score (nSPS) is 17.3. The molecule has 0 unspecified atom stereocenters. The molecule has 0 aliphatic heterocycles. The smallest absolute Gasteiger partial charge is 0.129 e. The predicted octanol–water partition coefficient (Wildman–Crippen LogP) is 3.46. The summed E-state index contributed by atoms with van der Waals surface area (Å²) in [6, 6.07) is 5.09. The molecule has 1 aromatic carbocycles. The van der Waals surface area contributed by atoms with E-state index in [-0.39, 0.29) is 5.82 Å². The summed E-state index contributed by atoms with van der Waals surface area (Å²) in [4.78, 5) is 0. The molecule has 0 radical (unpaired) electrons. The van der Waals surface area contributed by atoms with E-state index >= 15 is 0 Å². The fourth-order valence-electron chi connectivity index (χ4n) is 1.85. The number of hydrogen-bond donors (Lipinski definition) is 0. The lowest BCUT2D eigenvalue weighted by Gasteiger charge is -2.13. The van der Waals surface area contributed by atoms with Crippen LogP contribution in [0.4, 0.5) is 4.39 Å². The van der Waals surface area contributed by atoms with Crippen molar-refractivity contribution in [2.75, 3.05) is 0 Å². The maximum Gasteiger partial charge on any atom is 0.129 e. The predicted molar refractivity (Wildman–Crippen MR) is 54.0 cm³/mol. The molecule has 1 fully saturated rings. The van der Waals surface area contributed by atoms with Crippen LogP contribution in [0.25, 0.3) is 0 Å². The molecule has 0 aromatic heterocycles. The zero-order chi connectivity index (χ0) is 9.97. The highest BCUT2D eigenvalue weighted by Gasteiger charge is 2.16. The van der Waals surface area contributed by atoms with Crippen molar-refractivity contribution in [2.45, 2.75) is 38.7 Å². The fourth-order valence-corrected chi connectivity index (χ4v) is 1.85. The molecule has 0 amide bonds. The highest BCUT2D eigenvalue weighted by molar-refractivity contribution is 5.28. The maximum absolute atomic E-state index is 13.2. The Morgan fingerprint density at radius 3 is 2.64 bits per heavy atom. The van der Waals surface area contributed by atoms with Crippen LogP contribution in [0.2, 0.25) is 0 Å². The first-order valence-electron chi connectivity index (χ1n) is 5.18. The minimum absolute atomic E-state index is 0.180. The van der Waals surface area contributed by atoms with Gasteiger partial charge in [-0.25, -0.2) is 4.39 Å². The highest BCUT2D eigenvalue weighted by atomic mass is 19.1. The molecule has 1 aromatic rings. The van der Waals surface area contributed by atoms with E-state index in [4.69, 9.17) is 4.74 Å². The second-order valence-electron chi connectivity index (χ2n) is 3.94. The Bertz CT molecular complexity index is 316. The van der Waals surface area contributed by atoms with Gasteiger partial charge >= 0.3 is 0 Å². The molecule has 0 N–H and O–H groups in total. The van der Waals surface area contributed by atoms with E-state index in [1.807, 2.05) is 6.07 Å². The minimum atomic E-state index is -0.180. The lowest BCUT2D eigenvalue weighted by Crippen LogP contribution is -2.10. The quantitative estimate of drug-likeness (QED) is 0.700. The summed E-state index contributed by atoms with van der Waals surface area (Å²) in [5, 5.41) is 0. The SMILES string of the molecule is Cc1ccc(OC2CCCC2)cc1F. The number of ether oxygens (including phenoxy) is 1. The molecule has 0 bridgehead atoms. The van der Waals surface area contributed by atoms with E-state index in [0.717, 1.165) is 12.8 Å². The first kappa shape index (κ1) is 9.50. The number of rotatable bonds is 2. The molecule has 0 atom stereocenters. The van der Waals surface area contributed by atoms with Crippen molar-refractivity contribution in [3.63, 3.8) is 0 Å². The summed E-state index contributed by atoms with van der Waals surface area (Å²) >= 11 is 0. The van der Waals surface area contributed by atoms with E-state index in [9.17, 15) is 4.39 Å². The van der Waals surface area contributed by atoms with Crippen molar-refractivity contribution in [1.29, 1.82) is 0 Å². The molecule has 1 saturated carbocycles. The van der Waals surface area contributed by atoms with Crippen LogP contribution in [0, 0.1) is 12.7 Å². The van der Waals surface area contributed by atoms with Gasteiger partial charge in [0.2, 0.25) is 0 Å². The number of hydrogen-bond acceptors (Lipinski definition) is 1. The molecule has 1 aliphatic rings. The van der Waals surface area contributed by atoms with Gasteiger partial charge in [-0.15, -0.1) is 0 Å².